The number of methoxy groups -OCH3 is 1. The lowest BCUT2D eigenvalue weighted by atomic mass is 9.68. The molecule has 0 radical (unpaired) electrons. The first kappa shape index (κ1) is 57.6. The molecule has 18 atom stereocenters. The highest BCUT2D eigenvalue weighted by atomic mass is 16.7. The van der Waals surface area contributed by atoms with Crippen LogP contribution in [0, 0.1) is 23.7 Å². The minimum absolute atomic E-state index is 0.168. The number of nitrogens with zero attached hydrogens (tertiary/aromatic N) is 8. The van der Waals surface area contributed by atoms with Crippen LogP contribution in [0.5, 0.6) is 5.75 Å². The molecule has 0 bridgehead atoms. The highest BCUT2D eigenvalue weighted by Crippen LogP contribution is 2.45. The van der Waals surface area contributed by atoms with Crippen LogP contribution in [-0.2, 0) is 41.4 Å². The number of ether oxygens (including phenoxy) is 6. The molecule has 1 unspecified atom stereocenters. The van der Waals surface area contributed by atoms with E-state index in [1.807, 2.05) is 88.8 Å². The molecule has 20 nitrogen and oxygen atoms in total. The van der Waals surface area contributed by atoms with Gasteiger partial charge in [-0.25, -0.2) is 4.68 Å². The Kier molecular flexibility index (Phi) is 19.5. The zero-order valence-electron chi connectivity index (χ0n) is 44.9. The Hall–Kier alpha value is -3.67. The summed E-state index contributed by atoms with van der Waals surface area (Å²) < 4.78 is 41.7. The molecule has 0 spiro atoms. The second-order valence-corrected chi connectivity index (χ2v) is 22.0. The maximum Gasteiger partial charge on any atom is 0.309 e. The molecular weight excluding hydrogens is 929 g/mol. The minimum atomic E-state index is -1.81. The molecular formula is C52H86N8O12. The van der Waals surface area contributed by atoms with Crippen molar-refractivity contribution < 1.29 is 58.7 Å². The van der Waals surface area contributed by atoms with E-state index in [-0.39, 0.29) is 31.3 Å². The summed E-state index contributed by atoms with van der Waals surface area (Å²) in [5, 5.41) is 76.7. The van der Waals surface area contributed by atoms with Gasteiger partial charge in [-0.05, 0) is 111 Å². The van der Waals surface area contributed by atoms with Gasteiger partial charge in [0.15, 0.2) is 6.29 Å². The fraction of sp³-hybridized carbons (Fsp3) is 0.788. The molecule has 0 saturated carbocycles. The summed E-state index contributed by atoms with van der Waals surface area (Å²) in [6.45, 7) is 20.1. The highest BCUT2D eigenvalue weighted by molar-refractivity contribution is 5.73. The first-order valence-electron chi connectivity index (χ1n) is 26.0. The Labute approximate surface area is 426 Å². The van der Waals surface area contributed by atoms with E-state index >= 15 is 0 Å². The molecule has 3 aliphatic rings. The summed E-state index contributed by atoms with van der Waals surface area (Å²) >= 11 is 0. The van der Waals surface area contributed by atoms with Gasteiger partial charge in [0, 0.05) is 70.2 Å². The maximum atomic E-state index is 14.6. The maximum absolute atomic E-state index is 14.6. The molecule has 3 aliphatic heterocycles. The number of esters is 1. The molecule has 3 saturated heterocycles. The molecule has 72 heavy (non-hydrogen) atoms. The van der Waals surface area contributed by atoms with Crippen LogP contribution in [0.4, 0.5) is 0 Å². The SMILES string of the molecule is CC[C@H]1OC(=O)[C@H](C)C([C@H]2C[C@@](C)(OC)[C@@H](O)[C@H](C)O2)[C@H](C)[C@@H](O[C@@H]2O[C@H](C)C[C@H](N(C)CCc3cn(CCCOc4ccc(-n5ccnn5)cc4)nn3)[C@H]2O)[C@](C)(O)C[C@@H](C)CN(C)[C@H](C)[C@@H](O)[C@]1(C)O. The number of hydrogen-bond acceptors (Lipinski definition) is 18. The smallest absolute Gasteiger partial charge is 0.309 e. The fourth-order valence-electron chi connectivity index (χ4n) is 11.7. The summed E-state index contributed by atoms with van der Waals surface area (Å²) in [6, 6.07) is 6.70. The summed E-state index contributed by atoms with van der Waals surface area (Å²) in [6.07, 6.45) is -0.648. The average molecular weight is 1020 g/mol. The summed E-state index contributed by atoms with van der Waals surface area (Å²) in [4.78, 5) is 18.6. The third-order valence-electron chi connectivity index (χ3n) is 16.1. The average Bonchev–Trinajstić information content (AvgIpc) is 4.05. The Morgan fingerprint density at radius 3 is 2.32 bits per heavy atom. The van der Waals surface area contributed by atoms with E-state index in [1.165, 1.54) is 14.0 Å². The van der Waals surface area contributed by atoms with Crippen molar-refractivity contribution in [2.75, 3.05) is 40.9 Å². The molecule has 2 aromatic heterocycles. The first-order chi connectivity index (χ1) is 33.9. The standard InChI is InChI=1S/C52H86N8O12/c1-14-42-52(10,66)45(62)35(6)58(12)29-31(2)27-50(8,65)47(33(4)43(34(5)48(64)71-42)41-28-51(9,67-13)46(63)36(7)70-41)72-49-44(61)40(26-32(3)69-49)57(11)23-20-37-30-59(56-54-37)22-15-25-68-39-18-16-38(17-19-39)60-24-21-53-55-60/h16-19,21,24,30-36,40-47,49,61-63,65-66H,14-15,20,22-23,25-29H2,1-13H3/t31-,32-,33+,34-,35-,36+,40+,41-,42-,43?,44-,45-,46+,47-,49+,50-,51-,52-/m1/s1. The number of aliphatic hydroxyl groups excluding tert-OH is 3. The van der Waals surface area contributed by atoms with Crippen molar-refractivity contribution in [2.24, 2.45) is 23.7 Å². The van der Waals surface area contributed by atoms with E-state index < -0.39 is 102 Å². The van der Waals surface area contributed by atoms with Gasteiger partial charge in [0.1, 0.15) is 35.8 Å². The van der Waals surface area contributed by atoms with Crippen LogP contribution in [0.15, 0.2) is 42.9 Å². The zero-order valence-corrected chi connectivity index (χ0v) is 44.9. The highest BCUT2D eigenvalue weighted by Gasteiger charge is 2.55. The predicted octanol–water partition coefficient (Wildman–Crippen LogP) is 3.43. The van der Waals surface area contributed by atoms with Gasteiger partial charge in [0.2, 0.25) is 0 Å². The third kappa shape index (κ3) is 13.4. The van der Waals surface area contributed by atoms with Crippen LogP contribution < -0.4 is 4.74 Å². The molecule has 0 aliphatic carbocycles. The Morgan fingerprint density at radius 2 is 1.67 bits per heavy atom. The number of carbonyl (C=O) groups excluding carboxylic acids is 1. The number of benzene rings is 1. The van der Waals surface area contributed by atoms with Gasteiger partial charge in [0.25, 0.3) is 0 Å². The van der Waals surface area contributed by atoms with E-state index in [2.05, 4.69) is 25.5 Å². The van der Waals surface area contributed by atoms with Crippen molar-refractivity contribution in [3.8, 4) is 11.4 Å². The van der Waals surface area contributed by atoms with E-state index in [0.717, 1.165) is 23.6 Å². The number of cyclic esters (lactones) is 1. The number of likely N-dealkylation sites (N-methyl/N-ethyl adjacent to an activating group) is 2. The van der Waals surface area contributed by atoms with Crippen LogP contribution in [0.1, 0.15) is 107 Å². The van der Waals surface area contributed by atoms with Gasteiger partial charge < -0.3 is 63.8 Å². The number of carbonyl (C=O) groups is 1. The van der Waals surface area contributed by atoms with E-state index in [1.54, 1.807) is 44.8 Å². The van der Waals surface area contributed by atoms with Crippen LogP contribution in [0.2, 0.25) is 0 Å². The lowest BCUT2D eigenvalue weighted by Crippen LogP contribution is -2.62. The topological polar surface area (TPSA) is 241 Å². The third-order valence-corrected chi connectivity index (χ3v) is 16.1. The van der Waals surface area contributed by atoms with Gasteiger partial charge >= 0.3 is 5.97 Å². The quantitative estimate of drug-likeness (QED) is 0.108. The predicted molar refractivity (Wildman–Crippen MR) is 267 cm³/mol. The Bertz CT molecular complexity index is 2130. The van der Waals surface area contributed by atoms with Crippen molar-refractivity contribution in [2.45, 2.75) is 198 Å². The second-order valence-electron chi connectivity index (χ2n) is 22.0. The molecule has 3 aromatic rings. The van der Waals surface area contributed by atoms with Gasteiger partial charge in [-0.3, -0.25) is 9.48 Å². The van der Waals surface area contributed by atoms with Crippen molar-refractivity contribution >= 4 is 5.97 Å². The Balaban J connectivity index is 1.20. The van der Waals surface area contributed by atoms with Crippen molar-refractivity contribution in [1.29, 1.82) is 0 Å². The summed E-state index contributed by atoms with van der Waals surface area (Å²) in [5.74, 6) is -2.36. The zero-order chi connectivity index (χ0) is 52.9. The number of hydrogen-bond donors (Lipinski definition) is 5. The number of aromatic nitrogens is 6. The van der Waals surface area contributed by atoms with Crippen LogP contribution in [0.25, 0.3) is 5.69 Å². The summed E-state index contributed by atoms with van der Waals surface area (Å²) in [7, 11) is 5.34. The van der Waals surface area contributed by atoms with Crippen molar-refractivity contribution in [1.82, 2.24) is 39.8 Å². The lowest BCUT2D eigenvalue weighted by molar-refractivity contribution is -0.302. The molecule has 5 heterocycles. The molecule has 6 rings (SSSR count). The van der Waals surface area contributed by atoms with Crippen LogP contribution >= 0.6 is 0 Å². The van der Waals surface area contributed by atoms with E-state index in [9.17, 15) is 30.3 Å². The molecule has 406 valence electrons. The molecule has 1 aromatic carbocycles. The molecule has 3 fully saturated rings. The van der Waals surface area contributed by atoms with Crippen LogP contribution in [-0.4, -0.2) is 196 Å². The first-order valence-corrected chi connectivity index (χ1v) is 26.0. The van der Waals surface area contributed by atoms with Crippen molar-refractivity contribution in [3.05, 3.63) is 48.5 Å². The number of rotatable bonds is 15. The minimum Gasteiger partial charge on any atom is -0.494 e. The summed E-state index contributed by atoms with van der Waals surface area (Å²) in [5.41, 5.74) is -2.75. The normalized spacial score (nSPS) is 39.0. The monoisotopic (exact) mass is 1010 g/mol. The largest absolute Gasteiger partial charge is 0.494 e. The van der Waals surface area contributed by atoms with Crippen molar-refractivity contribution in [3.63, 3.8) is 0 Å². The van der Waals surface area contributed by atoms with Gasteiger partial charge in [-0.15, -0.1) is 10.2 Å². The number of aryl methyl sites for hydroxylation is 1. The van der Waals surface area contributed by atoms with E-state index in [0.29, 0.717) is 39.1 Å². The van der Waals surface area contributed by atoms with E-state index in [4.69, 9.17) is 28.4 Å². The fourth-order valence-corrected chi connectivity index (χ4v) is 11.7. The van der Waals surface area contributed by atoms with Crippen LogP contribution in [0.3, 0.4) is 0 Å². The second kappa shape index (κ2) is 24.3. The molecule has 20 heteroatoms. The Morgan fingerprint density at radius 1 is 0.958 bits per heavy atom. The molecule has 0 amide bonds. The lowest BCUT2D eigenvalue weighted by Gasteiger charge is -2.51. The van der Waals surface area contributed by atoms with Gasteiger partial charge in [-0.1, -0.05) is 38.1 Å². The van der Waals surface area contributed by atoms with Gasteiger partial charge in [-0.2, -0.15) is 0 Å². The molecule has 5 N–H and O–H groups in total. The van der Waals surface area contributed by atoms with Gasteiger partial charge in [0.05, 0.1) is 71.9 Å². The number of aliphatic hydroxyl groups is 5.